The molecule has 0 radical (unpaired) electrons. The quantitative estimate of drug-likeness (QED) is 0.269. The Kier molecular flexibility index (Phi) is 5.79. The number of hydrogen-bond acceptors (Lipinski definition) is 5. The summed E-state index contributed by atoms with van der Waals surface area (Å²) in [5, 5.41) is 23.5. The molecule has 0 aliphatic rings. The predicted molar refractivity (Wildman–Crippen MR) is 114 cm³/mol. The van der Waals surface area contributed by atoms with Crippen molar-refractivity contribution >= 4 is 23.4 Å². The van der Waals surface area contributed by atoms with Crippen molar-refractivity contribution in [3.63, 3.8) is 0 Å². The lowest BCUT2D eigenvalue weighted by Crippen LogP contribution is -2.14. The molecule has 1 N–H and O–H groups in total. The van der Waals surface area contributed by atoms with Crippen molar-refractivity contribution in [1.82, 2.24) is 0 Å². The van der Waals surface area contributed by atoms with Gasteiger partial charge in [0.1, 0.15) is 23.2 Å². The van der Waals surface area contributed by atoms with Crippen molar-refractivity contribution in [1.29, 1.82) is 5.26 Å². The van der Waals surface area contributed by atoms with Crippen molar-refractivity contribution in [3.8, 4) is 17.4 Å². The number of carbonyl (C=O) groups excluding carboxylic acids is 1. The highest BCUT2D eigenvalue weighted by Crippen LogP contribution is 2.32. The van der Waals surface area contributed by atoms with E-state index >= 15 is 0 Å². The summed E-state index contributed by atoms with van der Waals surface area (Å²) in [6, 6.07) is 15.3. The van der Waals surface area contributed by atoms with Crippen LogP contribution in [0.5, 0.6) is 0 Å². The number of anilines is 1. The molecular weight excluding hydrogens is 382 g/mol. The maximum Gasteiger partial charge on any atom is 0.280 e. The molecule has 1 amide bonds. The maximum atomic E-state index is 12.5. The summed E-state index contributed by atoms with van der Waals surface area (Å²) in [4.78, 5) is 23.4. The molecule has 0 spiro atoms. The number of nitro benzene ring substituents is 1. The number of nitrogens with one attached hydrogen (secondary N) is 1. The fraction of sp³-hybridized carbons (Fsp3) is 0.130. The molecule has 7 heteroatoms. The topological polar surface area (TPSA) is 109 Å². The third kappa shape index (κ3) is 4.28. The molecule has 3 aromatic rings. The van der Waals surface area contributed by atoms with Gasteiger partial charge in [-0.25, -0.2) is 0 Å². The van der Waals surface area contributed by atoms with Gasteiger partial charge in [0.05, 0.1) is 10.5 Å². The molecule has 0 saturated heterocycles. The molecule has 2 aromatic carbocycles. The monoisotopic (exact) mass is 401 g/mol. The number of aryl methyl sites for hydroxylation is 2. The summed E-state index contributed by atoms with van der Waals surface area (Å²) in [6.07, 6.45) is 1.31. The van der Waals surface area contributed by atoms with Crippen LogP contribution in [0, 0.1) is 42.2 Å². The van der Waals surface area contributed by atoms with Gasteiger partial charge in [-0.1, -0.05) is 18.2 Å². The van der Waals surface area contributed by atoms with Crippen LogP contribution in [-0.2, 0) is 4.79 Å². The van der Waals surface area contributed by atoms with E-state index in [0.717, 1.165) is 16.7 Å². The van der Waals surface area contributed by atoms with Gasteiger partial charge in [0, 0.05) is 17.8 Å². The molecule has 30 heavy (non-hydrogen) atoms. The van der Waals surface area contributed by atoms with Gasteiger partial charge in [-0.2, -0.15) is 5.26 Å². The lowest BCUT2D eigenvalue weighted by Gasteiger charge is -2.09. The van der Waals surface area contributed by atoms with Crippen molar-refractivity contribution in [2.45, 2.75) is 20.8 Å². The van der Waals surface area contributed by atoms with Crippen molar-refractivity contribution < 1.29 is 14.1 Å². The third-order valence-electron chi connectivity index (χ3n) is 4.75. The molecule has 150 valence electrons. The van der Waals surface area contributed by atoms with E-state index in [9.17, 15) is 20.2 Å². The van der Waals surface area contributed by atoms with Gasteiger partial charge in [0.25, 0.3) is 11.6 Å². The first-order valence-electron chi connectivity index (χ1n) is 9.14. The zero-order valence-electron chi connectivity index (χ0n) is 16.7. The standard InChI is InChI=1S/C23H19N3O4/c1-14-7-9-19(21(11-14)26(28)29)22-10-8-18(30-22)12-17(13-24)23(27)25-20-6-4-5-15(2)16(20)3/h4-12H,1-3H3,(H,25,27)/b17-12+. The number of hydrogen-bond donors (Lipinski definition) is 1. The number of rotatable bonds is 5. The van der Waals surface area contributed by atoms with Gasteiger partial charge >= 0.3 is 0 Å². The minimum atomic E-state index is -0.564. The molecule has 0 atom stereocenters. The largest absolute Gasteiger partial charge is 0.456 e. The van der Waals surface area contributed by atoms with E-state index in [1.165, 1.54) is 12.1 Å². The highest BCUT2D eigenvalue weighted by molar-refractivity contribution is 6.09. The van der Waals surface area contributed by atoms with Gasteiger partial charge in [0.2, 0.25) is 0 Å². The van der Waals surface area contributed by atoms with Crippen molar-refractivity contribution in [2.24, 2.45) is 0 Å². The Labute approximate surface area is 173 Å². The molecule has 7 nitrogen and oxygen atoms in total. The second kappa shape index (κ2) is 8.45. The number of amides is 1. The average Bonchev–Trinajstić information content (AvgIpc) is 3.17. The number of carbonyl (C=O) groups is 1. The van der Waals surface area contributed by atoms with Crippen LogP contribution >= 0.6 is 0 Å². The Morgan fingerprint density at radius 3 is 2.63 bits per heavy atom. The molecule has 0 unspecified atom stereocenters. The molecule has 3 rings (SSSR count). The molecular formula is C23H19N3O4. The van der Waals surface area contributed by atoms with E-state index in [0.29, 0.717) is 11.3 Å². The van der Waals surface area contributed by atoms with E-state index in [1.807, 2.05) is 32.0 Å². The van der Waals surface area contributed by atoms with Crippen LogP contribution in [0.15, 0.2) is 58.5 Å². The smallest absolute Gasteiger partial charge is 0.280 e. The highest BCUT2D eigenvalue weighted by atomic mass is 16.6. The average molecular weight is 401 g/mol. The van der Waals surface area contributed by atoms with Gasteiger partial charge in [-0.15, -0.1) is 0 Å². The summed E-state index contributed by atoms with van der Waals surface area (Å²) in [6.45, 7) is 5.58. The first-order valence-corrected chi connectivity index (χ1v) is 9.14. The lowest BCUT2D eigenvalue weighted by atomic mass is 10.1. The Morgan fingerprint density at radius 1 is 1.17 bits per heavy atom. The summed E-state index contributed by atoms with van der Waals surface area (Å²) in [5.74, 6) is -0.0434. The molecule has 0 fully saturated rings. The van der Waals surface area contributed by atoms with E-state index in [2.05, 4.69) is 5.32 Å². The number of furan rings is 1. The van der Waals surface area contributed by atoms with Crippen LogP contribution in [0.1, 0.15) is 22.5 Å². The van der Waals surface area contributed by atoms with Gasteiger partial charge in [-0.3, -0.25) is 14.9 Å². The predicted octanol–water partition coefficient (Wildman–Crippen LogP) is 5.33. The molecule has 0 aliphatic carbocycles. The summed E-state index contributed by atoms with van der Waals surface area (Å²) < 4.78 is 5.66. The second-order valence-electron chi connectivity index (χ2n) is 6.85. The van der Waals surface area contributed by atoms with Gasteiger partial charge in [-0.05, 0) is 61.7 Å². The second-order valence-corrected chi connectivity index (χ2v) is 6.85. The molecule has 1 heterocycles. The fourth-order valence-corrected chi connectivity index (χ4v) is 2.94. The number of nitrogens with zero attached hydrogens (tertiary/aromatic N) is 2. The Balaban J connectivity index is 1.89. The van der Waals surface area contributed by atoms with Crippen molar-refractivity contribution in [3.05, 3.63) is 86.7 Å². The molecule has 1 aromatic heterocycles. The van der Waals surface area contributed by atoms with Crippen LogP contribution in [0.2, 0.25) is 0 Å². The van der Waals surface area contributed by atoms with Gasteiger partial charge < -0.3 is 9.73 Å². The number of benzene rings is 2. The Hall–Kier alpha value is -4.18. The van der Waals surface area contributed by atoms with E-state index in [1.54, 1.807) is 37.3 Å². The SMILES string of the molecule is Cc1ccc(-c2ccc(/C=C(\C#N)C(=O)Nc3cccc(C)c3C)o2)c([N+](=O)[O-])c1. The van der Waals surface area contributed by atoms with E-state index < -0.39 is 10.8 Å². The van der Waals surface area contributed by atoms with Crippen LogP contribution in [0.25, 0.3) is 17.4 Å². The van der Waals surface area contributed by atoms with E-state index in [4.69, 9.17) is 4.42 Å². The summed E-state index contributed by atoms with van der Waals surface area (Å²) >= 11 is 0. The first kappa shape index (κ1) is 20.6. The lowest BCUT2D eigenvalue weighted by molar-refractivity contribution is -0.384. The van der Waals surface area contributed by atoms with Crippen molar-refractivity contribution in [2.75, 3.05) is 5.32 Å². The minimum Gasteiger partial charge on any atom is -0.456 e. The normalized spacial score (nSPS) is 11.1. The molecule has 0 saturated carbocycles. The maximum absolute atomic E-state index is 12.5. The fourth-order valence-electron chi connectivity index (χ4n) is 2.94. The Bertz CT molecular complexity index is 1220. The third-order valence-corrected chi connectivity index (χ3v) is 4.75. The zero-order valence-corrected chi connectivity index (χ0v) is 16.7. The molecule has 0 aliphatic heterocycles. The first-order chi connectivity index (χ1) is 14.3. The van der Waals surface area contributed by atoms with Crippen LogP contribution in [-0.4, -0.2) is 10.8 Å². The number of nitro groups is 1. The van der Waals surface area contributed by atoms with E-state index in [-0.39, 0.29) is 22.8 Å². The zero-order chi connectivity index (χ0) is 21.8. The Morgan fingerprint density at radius 2 is 1.93 bits per heavy atom. The van der Waals surface area contributed by atoms with Crippen LogP contribution < -0.4 is 5.32 Å². The summed E-state index contributed by atoms with van der Waals surface area (Å²) in [5.41, 5.74) is 3.41. The van der Waals surface area contributed by atoms with Crippen LogP contribution in [0.3, 0.4) is 0 Å². The molecule has 0 bridgehead atoms. The number of nitriles is 1. The van der Waals surface area contributed by atoms with Crippen LogP contribution in [0.4, 0.5) is 11.4 Å². The minimum absolute atomic E-state index is 0.0759. The summed E-state index contributed by atoms with van der Waals surface area (Å²) in [7, 11) is 0. The highest BCUT2D eigenvalue weighted by Gasteiger charge is 2.19. The van der Waals surface area contributed by atoms with Gasteiger partial charge in [0.15, 0.2) is 0 Å².